The Balaban J connectivity index is 0.00000120. The molecule has 1 saturated carbocycles. The molecule has 8 heteroatoms. The maximum absolute atomic E-state index is 9.01. The van der Waals surface area contributed by atoms with E-state index in [-0.39, 0.29) is 30.1 Å². The van der Waals surface area contributed by atoms with Crippen LogP contribution in [0.4, 0.5) is 5.95 Å². The van der Waals surface area contributed by atoms with Crippen LogP contribution in [0.5, 0.6) is 0 Å². The van der Waals surface area contributed by atoms with E-state index in [4.69, 9.17) is 22.4 Å². The van der Waals surface area contributed by atoms with Crippen molar-refractivity contribution < 1.29 is 5.11 Å². The topological polar surface area (TPSA) is 89.8 Å². The molecule has 0 radical (unpaired) electrons. The monoisotopic (exact) mass is 289 g/mol. The third-order valence-electron chi connectivity index (χ3n) is 3.26. The maximum atomic E-state index is 9.01. The molecule has 2 aromatic rings. The van der Waals surface area contributed by atoms with Crippen LogP contribution < -0.4 is 5.73 Å². The zero-order chi connectivity index (χ0) is 12.0. The number of nitrogens with zero attached hydrogens (tertiary/aromatic N) is 4. The standard InChI is InChI=1S/C10H12ClN5O.ClH/c11-8-7-9(15-10(12)14-8)16(4-13-7)6-1-5(2-6)3-17;/h4-6,17H,1-3H2,(H2,12,14,15);1H/t5-,6+;. The molecular formula is C10H13Cl2N5O. The van der Waals surface area contributed by atoms with Crippen LogP contribution in [0, 0.1) is 5.92 Å². The molecule has 1 aliphatic rings. The van der Waals surface area contributed by atoms with Crippen LogP contribution >= 0.6 is 24.0 Å². The van der Waals surface area contributed by atoms with Crippen molar-refractivity contribution in [1.29, 1.82) is 0 Å². The van der Waals surface area contributed by atoms with Gasteiger partial charge in [0.1, 0.15) is 5.52 Å². The number of imidazole rings is 1. The van der Waals surface area contributed by atoms with Gasteiger partial charge in [0, 0.05) is 12.6 Å². The van der Waals surface area contributed by atoms with Crippen molar-refractivity contribution in [2.24, 2.45) is 5.92 Å². The largest absolute Gasteiger partial charge is 0.396 e. The molecule has 3 rings (SSSR count). The number of halogens is 2. The van der Waals surface area contributed by atoms with Crippen LogP contribution in [0.15, 0.2) is 6.33 Å². The van der Waals surface area contributed by atoms with Gasteiger partial charge in [-0.1, -0.05) is 11.6 Å². The third-order valence-corrected chi connectivity index (χ3v) is 3.52. The summed E-state index contributed by atoms with van der Waals surface area (Å²) in [7, 11) is 0. The first-order valence-electron chi connectivity index (χ1n) is 5.45. The zero-order valence-electron chi connectivity index (χ0n) is 9.45. The number of aliphatic hydroxyl groups excluding tert-OH is 1. The predicted molar refractivity (Wildman–Crippen MR) is 70.8 cm³/mol. The van der Waals surface area contributed by atoms with Crippen molar-refractivity contribution in [2.75, 3.05) is 12.3 Å². The molecule has 0 atom stereocenters. The number of fused-ring (bicyclic) bond motifs is 1. The van der Waals surface area contributed by atoms with Gasteiger partial charge in [0.05, 0.1) is 6.33 Å². The van der Waals surface area contributed by atoms with Gasteiger partial charge in [-0.3, -0.25) is 0 Å². The van der Waals surface area contributed by atoms with E-state index >= 15 is 0 Å². The maximum Gasteiger partial charge on any atom is 0.223 e. The van der Waals surface area contributed by atoms with E-state index in [2.05, 4.69) is 15.0 Å². The van der Waals surface area contributed by atoms with Crippen molar-refractivity contribution in [3.63, 3.8) is 0 Å². The lowest BCUT2D eigenvalue weighted by molar-refractivity contribution is 0.114. The van der Waals surface area contributed by atoms with E-state index in [1.54, 1.807) is 6.33 Å². The lowest BCUT2D eigenvalue weighted by Gasteiger charge is -2.34. The molecule has 0 unspecified atom stereocenters. The molecule has 1 aliphatic carbocycles. The van der Waals surface area contributed by atoms with Crippen LogP contribution in [0.3, 0.4) is 0 Å². The number of aromatic nitrogens is 4. The summed E-state index contributed by atoms with van der Waals surface area (Å²) in [6, 6.07) is 0.322. The average Bonchev–Trinajstić information content (AvgIpc) is 2.61. The molecule has 98 valence electrons. The van der Waals surface area contributed by atoms with E-state index in [1.807, 2.05) is 4.57 Å². The summed E-state index contributed by atoms with van der Waals surface area (Å²) < 4.78 is 1.96. The van der Waals surface area contributed by atoms with Crippen molar-refractivity contribution >= 4 is 41.1 Å². The van der Waals surface area contributed by atoms with E-state index in [0.29, 0.717) is 23.1 Å². The minimum Gasteiger partial charge on any atom is -0.396 e. The van der Waals surface area contributed by atoms with Gasteiger partial charge >= 0.3 is 0 Å². The van der Waals surface area contributed by atoms with Gasteiger partial charge in [-0.2, -0.15) is 9.97 Å². The number of hydrogen-bond donors (Lipinski definition) is 2. The first kappa shape index (κ1) is 13.3. The van der Waals surface area contributed by atoms with Crippen LogP contribution in [0.1, 0.15) is 18.9 Å². The van der Waals surface area contributed by atoms with Gasteiger partial charge in [0.2, 0.25) is 5.95 Å². The van der Waals surface area contributed by atoms with E-state index in [0.717, 1.165) is 12.8 Å². The van der Waals surface area contributed by atoms with E-state index in [9.17, 15) is 0 Å². The fourth-order valence-corrected chi connectivity index (χ4v) is 2.46. The molecular weight excluding hydrogens is 277 g/mol. The first-order chi connectivity index (χ1) is 8.19. The summed E-state index contributed by atoms with van der Waals surface area (Å²) in [5, 5.41) is 9.29. The van der Waals surface area contributed by atoms with Crippen LogP contribution in [0.25, 0.3) is 11.2 Å². The molecule has 0 aliphatic heterocycles. The zero-order valence-corrected chi connectivity index (χ0v) is 11.0. The molecule has 0 saturated heterocycles. The number of rotatable bonds is 2. The lowest BCUT2D eigenvalue weighted by Crippen LogP contribution is -2.28. The van der Waals surface area contributed by atoms with Crippen LogP contribution in [0.2, 0.25) is 5.15 Å². The second-order valence-electron chi connectivity index (χ2n) is 4.37. The summed E-state index contributed by atoms with van der Waals surface area (Å²) in [5.41, 5.74) is 6.83. The summed E-state index contributed by atoms with van der Waals surface area (Å²) in [6.45, 7) is 0.237. The Bertz CT molecular complexity index is 567. The molecule has 2 aromatic heterocycles. The van der Waals surface area contributed by atoms with Crippen molar-refractivity contribution in [2.45, 2.75) is 18.9 Å². The SMILES string of the molecule is Cl.Nc1nc(Cl)c2ncn([C@H]3C[C@@H](CO)C3)c2n1. The molecule has 3 N–H and O–H groups in total. The van der Waals surface area contributed by atoms with Crippen molar-refractivity contribution in [1.82, 2.24) is 19.5 Å². The number of aliphatic hydroxyl groups is 1. The molecule has 1 fully saturated rings. The van der Waals surface area contributed by atoms with Gasteiger partial charge in [-0.15, -0.1) is 12.4 Å². The fraction of sp³-hybridized carbons (Fsp3) is 0.500. The van der Waals surface area contributed by atoms with Crippen LogP contribution in [-0.2, 0) is 0 Å². The minimum atomic E-state index is 0. The van der Waals surface area contributed by atoms with E-state index < -0.39 is 0 Å². The molecule has 0 amide bonds. The summed E-state index contributed by atoms with van der Waals surface area (Å²) in [6.07, 6.45) is 3.58. The number of hydrogen-bond acceptors (Lipinski definition) is 5. The van der Waals surface area contributed by atoms with Gasteiger partial charge < -0.3 is 15.4 Å². The molecule has 18 heavy (non-hydrogen) atoms. The highest BCUT2D eigenvalue weighted by Gasteiger charge is 2.31. The highest BCUT2D eigenvalue weighted by Crippen LogP contribution is 2.39. The number of nitrogen functional groups attached to an aromatic ring is 1. The van der Waals surface area contributed by atoms with Gasteiger partial charge in [-0.25, -0.2) is 4.98 Å². The second kappa shape index (κ2) is 4.87. The predicted octanol–water partition coefficient (Wildman–Crippen LogP) is 1.43. The summed E-state index contributed by atoms with van der Waals surface area (Å²) in [4.78, 5) is 12.2. The smallest absolute Gasteiger partial charge is 0.223 e. The Morgan fingerprint density at radius 1 is 1.44 bits per heavy atom. The van der Waals surface area contributed by atoms with Gasteiger partial charge in [0.15, 0.2) is 10.8 Å². The first-order valence-corrected chi connectivity index (χ1v) is 5.83. The Kier molecular flexibility index (Phi) is 3.61. The Morgan fingerprint density at radius 3 is 2.83 bits per heavy atom. The highest BCUT2D eigenvalue weighted by atomic mass is 35.5. The average molecular weight is 290 g/mol. The van der Waals surface area contributed by atoms with Crippen molar-refractivity contribution in [3.8, 4) is 0 Å². The molecule has 2 heterocycles. The van der Waals surface area contributed by atoms with Crippen molar-refractivity contribution in [3.05, 3.63) is 11.5 Å². The fourth-order valence-electron chi connectivity index (χ4n) is 2.24. The van der Waals surface area contributed by atoms with Gasteiger partial charge in [0.25, 0.3) is 0 Å². The summed E-state index contributed by atoms with van der Waals surface area (Å²) in [5.74, 6) is 0.536. The Morgan fingerprint density at radius 2 is 2.17 bits per heavy atom. The minimum absolute atomic E-state index is 0. The quantitative estimate of drug-likeness (QED) is 0.816. The third kappa shape index (κ3) is 2.00. The summed E-state index contributed by atoms with van der Waals surface area (Å²) >= 11 is 5.95. The van der Waals surface area contributed by atoms with Gasteiger partial charge in [-0.05, 0) is 18.8 Å². The number of anilines is 1. The molecule has 0 spiro atoms. The second-order valence-corrected chi connectivity index (χ2v) is 4.73. The Hall–Kier alpha value is -1.11. The number of nitrogens with two attached hydrogens (primary N) is 1. The normalized spacial score (nSPS) is 22.6. The van der Waals surface area contributed by atoms with E-state index in [1.165, 1.54) is 0 Å². The van der Waals surface area contributed by atoms with Crippen LogP contribution in [-0.4, -0.2) is 31.2 Å². The molecule has 0 bridgehead atoms. The lowest BCUT2D eigenvalue weighted by atomic mass is 9.81. The highest BCUT2D eigenvalue weighted by molar-refractivity contribution is 6.33. The molecule has 6 nitrogen and oxygen atoms in total. The Labute approximate surface area is 115 Å². The molecule has 0 aromatic carbocycles.